The maximum atomic E-state index is 13.4. The number of esters is 1. The number of piperidine rings is 1. The molecule has 4 rings (SSSR count). The molecule has 0 aromatic heterocycles. The van der Waals surface area contributed by atoms with Crippen LogP contribution in [0.25, 0.3) is 0 Å². The third kappa shape index (κ3) is 3.81. The van der Waals surface area contributed by atoms with Crippen molar-refractivity contribution in [1.82, 2.24) is 4.90 Å². The number of rotatable bonds is 7. The van der Waals surface area contributed by atoms with Crippen molar-refractivity contribution in [1.29, 1.82) is 0 Å². The Kier molecular flexibility index (Phi) is 6.01. The van der Waals surface area contributed by atoms with Crippen molar-refractivity contribution >= 4 is 11.8 Å². The fraction of sp³-hybridized carbons (Fsp3) is 0.440. The fourth-order valence-corrected chi connectivity index (χ4v) is 5.27. The third-order valence-corrected chi connectivity index (χ3v) is 6.82. The third-order valence-electron chi connectivity index (χ3n) is 6.82. The van der Waals surface area contributed by atoms with E-state index < -0.39 is 11.4 Å². The quantitative estimate of drug-likeness (QED) is 0.502. The molecule has 2 bridgehead atoms. The number of fused-ring (bicyclic) bond motifs is 2. The number of benzene rings is 2. The van der Waals surface area contributed by atoms with Gasteiger partial charge in [0.15, 0.2) is 5.78 Å². The Hall–Kier alpha value is -2.86. The van der Waals surface area contributed by atoms with Crippen LogP contribution in [-0.2, 0) is 27.3 Å². The smallest absolute Gasteiger partial charge is 0.321 e. The number of hydrogen-bond acceptors (Lipinski definition) is 6. The number of carbonyl (C=O) groups excluding carboxylic acids is 2. The summed E-state index contributed by atoms with van der Waals surface area (Å²) in [6.07, 6.45) is 2.40. The molecule has 0 unspecified atom stereocenters. The molecule has 2 aliphatic heterocycles. The van der Waals surface area contributed by atoms with Crippen LogP contribution in [0.1, 0.15) is 30.4 Å². The van der Waals surface area contributed by atoms with Gasteiger partial charge in [0.2, 0.25) is 0 Å². The van der Waals surface area contributed by atoms with Crippen molar-refractivity contribution in [2.24, 2.45) is 5.41 Å². The normalized spacial score (nSPS) is 25.3. The first-order chi connectivity index (χ1) is 15.0. The van der Waals surface area contributed by atoms with Crippen molar-refractivity contribution in [3.63, 3.8) is 0 Å². The predicted molar refractivity (Wildman–Crippen MR) is 116 cm³/mol. The van der Waals surface area contributed by atoms with Gasteiger partial charge in [0.1, 0.15) is 16.9 Å². The summed E-state index contributed by atoms with van der Waals surface area (Å²) < 4.78 is 15.9. The number of nitrogens with zero attached hydrogens (tertiary/aromatic N) is 1. The molecule has 6 nitrogen and oxygen atoms in total. The Labute approximate surface area is 183 Å². The van der Waals surface area contributed by atoms with Crippen molar-refractivity contribution < 1.29 is 23.8 Å². The molecule has 2 aromatic carbocycles. The average molecular weight is 424 g/mol. The van der Waals surface area contributed by atoms with E-state index in [1.54, 1.807) is 14.2 Å². The summed E-state index contributed by atoms with van der Waals surface area (Å²) in [4.78, 5) is 29.0. The first kappa shape index (κ1) is 21.4. The Morgan fingerprint density at radius 3 is 2.42 bits per heavy atom. The van der Waals surface area contributed by atoms with Gasteiger partial charge in [0, 0.05) is 25.0 Å². The SMILES string of the molecule is COC(=O)[C@]1(Cc2ccc(OC)cc2)C(=O)C[C@H]2CC[C@@H]1N2Cc1cccc(OC)c1. The van der Waals surface area contributed by atoms with E-state index in [-0.39, 0.29) is 17.9 Å². The van der Waals surface area contributed by atoms with Gasteiger partial charge in [-0.25, -0.2) is 0 Å². The summed E-state index contributed by atoms with van der Waals surface area (Å²) >= 11 is 0. The first-order valence-corrected chi connectivity index (χ1v) is 10.6. The molecule has 31 heavy (non-hydrogen) atoms. The van der Waals surface area contributed by atoms with Gasteiger partial charge in [-0.3, -0.25) is 14.5 Å². The van der Waals surface area contributed by atoms with Crippen LogP contribution in [0.3, 0.4) is 0 Å². The maximum absolute atomic E-state index is 13.4. The number of Topliss-reactive ketones (excluding diaryl/α,β-unsaturated/α-hetero) is 1. The molecule has 2 aliphatic rings. The van der Waals surface area contributed by atoms with E-state index in [0.717, 1.165) is 35.5 Å². The van der Waals surface area contributed by atoms with Crippen molar-refractivity contribution in [3.05, 3.63) is 59.7 Å². The van der Waals surface area contributed by atoms with E-state index in [2.05, 4.69) is 11.0 Å². The first-order valence-electron chi connectivity index (χ1n) is 10.6. The monoisotopic (exact) mass is 423 g/mol. The number of ether oxygens (including phenoxy) is 3. The Balaban J connectivity index is 1.69. The van der Waals surface area contributed by atoms with Crippen LogP contribution in [0.5, 0.6) is 11.5 Å². The molecule has 0 amide bonds. The second-order valence-electron chi connectivity index (χ2n) is 8.39. The minimum Gasteiger partial charge on any atom is -0.497 e. The molecule has 0 saturated carbocycles. The van der Waals surface area contributed by atoms with Crippen LogP contribution in [0.4, 0.5) is 0 Å². The van der Waals surface area contributed by atoms with Gasteiger partial charge in [0.05, 0.1) is 21.3 Å². The molecule has 3 atom stereocenters. The standard InChI is InChI=1S/C25H29NO5/c1-29-20-10-7-17(8-11-20)15-25(24(28)31-3)22-12-9-19(14-23(25)27)26(22)16-18-5-4-6-21(13-18)30-2/h4-8,10-11,13,19,22H,9,12,14-16H2,1-3H3/t19-,22+,25+/m1/s1. The highest BCUT2D eigenvalue weighted by molar-refractivity contribution is 6.06. The van der Waals surface area contributed by atoms with Crippen LogP contribution in [0.15, 0.2) is 48.5 Å². The molecule has 0 aliphatic carbocycles. The highest BCUT2D eigenvalue weighted by Gasteiger charge is 2.61. The molecule has 2 heterocycles. The summed E-state index contributed by atoms with van der Waals surface area (Å²) in [5, 5.41) is 0. The van der Waals surface area contributed by atoms with E-state index in [0.29, 0.717) is 19.4 Å². The number of hydrogen-bond donors (Lipinski definition) is 0. The number of methoxy groups -OCH3 is 3. The lowest BCUT2D eigenvalue weighted by Crippen LogP contribution is -2.61. The van der Waals surface area contributed by atoms with Crippen molar-refractivity contribution in [2.45, 2.75) is 44.3 Å². The summed E-state index contributed by atoms with van der Waals surface area (Å²) in [5.41, 5.74) is 0.829. The van der Waals surface area contributed by atoms with E-state index >= 15 is 0 Å². The molecule has 0 radical (unpaired) electrons. The fourth-order valence-electron chi connectivity index (χ4n) is 5.27. The molecular weight excluding hydrogens is 394 g/mol. The van der Waals surface area contributed by atoms with Crippen LogP contribution >= 0.6 is 0 Å². The summed E-state index contributed by atoms with van der Waals surface area (Å²) in [7, 11) is 4.64. The number of carbonyl (C=O) groups is 2. The number of ketones is 1. The zero-order valence-corrected chi connectivity index (χ0v) is 18.3. The summed E-state index contributed by atoms with van der Waals surface area (Å²) in [6, 6.07) is 15.5. The molecule has 0 spiro atoms. The van der Waals surface area contributed by atoms with Crippen LogP contribution in [-0.4, -0.2) is 50.1 Å². The van der Waals surface area contributed by atoms with Gasteiger partial charge in [-0.2, -0.15) is 0 Å². The van der Waals surface area contributed by atoms with Crippen LogP contribution < -0.4 is 9.47 Å². The van der Waals surface area contributed by atoms with E-state index in [9.17, 15) is 9.59 Å². The van der Waals surface area contributed by atoms with E-state index in [1.165, 1.54) is 7.11 Å². The molecule has 2 saturated heterocycles. The van der Waals surface area contributed by atoms with Crippen molar-refractivity contribution in [3.8, 4) is 11.5 Å². The minimum absolute atomic E-state index is 0.00967. The van der Waals surface area contributed by atoms with Crippen LogP contribution in [0, 0.1) is 5.41 Å². The second kappa shape index (κ2) is 8.71. The van der Waals surface area contributed by atoms with Crippen LogP contribution in [0.2, 0.25) is 0 Å². The molecule has 2 fully saturated rings. The molecular formula is C25H29NO5. The zero-order chi connectivity index (χ0) is 22.0. The van der Waals surface area contributed by atoms with Gasteiger partial charge in [-0.1, -0.05) is 24.3 Å². The molecule has 6 heteroatoms. The maximum Gasteiger partial charge on any atom is 0.321 e. The van der Waals surface area contributed by atoms with Gasteiger partial charge < -0.3 is 14.2 Å². The lowest BCUT2D eigenvalue weighted by atomic mass is 9.68. The summed E-state index contributed by atoms with van der Waals surface area (Å²) in [6.45, 7) is 0.668. The Morgan fingerprint density at radius 2 is 1.74 bits per heavy atom. The predicted octanol–water partition coefficient (Wildman–Crippen LogP) is 3.41. The topological polar surface area (TPSA) is 65.1 Å². The Bertz CT molecular complexity index is 957. The van der Waals surface area contributed by atoms with Gasteiger partial charge in [0.25, 0.3) is 0 Å². The van der Waals surface area contributed by atoms with Gasteiger partial charge in [-0.05, 0) is 54.7 Å². The second-order valence-corrected chi connectivity index (χ2v) is 8.39. The van der Waals surface area contributed by atoms with Gasteiger partial charge >= 0.3 is 5.97 Å². The van der Waals surface area contributed by atoms with Crippen molar-refractivity contribution in [2.75, 3.05) is 21.3 Å². The highest BCUT2D eigenvalue weighted by Crippen LogP contribution is 2.48. The lowest BCUT2D eigenvalue weighted by Gasteiger charge is -2.45. The minimum atomic E-state index is -1.20. The molecule has 164 valence electrons. The zero-order valence-electron chi connectivity index (χ0n) is 18.3. The van der Waals surface area contributed by atoms with E-state index in [1.807, 2.05) is 42.5 Å². The Morgan fingerprint density at radius 1 is 1.00 bits per heavy atom. The average Bonchev–Trinajstić information content (AvgIpc) is 3.12. The summed E-state index contributed by atoms with van der Waals surface area (Å²) in [5.74, 6) is 1.10. The largest absolute Gasteiger partial charge is 0.497 e. The van der Waals surface area contributed by atoms with E-state index in [4.69, 9.17) is 14.2 Å². The lowest BCUT2D eigenvalue weighted by molar-refractivity contribution is -0.167. The molecule has 0 N–H and O–H groups in total. The van der Waals surface area contributed by atoms with Gasteiger partial charge in [-0.15, -0.1) is 0 Å². The molecule has 2 aromatic rings. The highest BCUT2D eigenvalue weighted by atomic mass is 16.5.